The number of benzene rings is 1. The van der Waals surface area contributed by atoms with Crippen LogP contribution in [-0.4, -0.2) is 24.0 Å². The number of rotatable bonds is 6. The topological polar surface area (TPSA) is 53.0 Å². The fraction of sp³-hybridized carbons (Fsp3) is 0.500. The van der Waals surface area contributed by atoms with E-state index in [-0.39, 0.29) is 17.9 Å². The van der Waals surface area contributed by atoms with Gasteiger partial charge in [-0.2, -0.15) is 5.26 Å². The fourth-order valence-corrected chi connectivity index (χ4v) is 2.14. The van der Waals surface area contributed by atoms with Gasteiger partial charge in [0.1, 0.15) is 5.82 Å². The Morgan fingerprint density at radius 1 is 1.39 bits per heavy atom. The zero-order valence-electron chi connectivity index (χ0n) is 10.9. The Morgan fingerprint density at radius 3 is 2.56 bits per heavy atom. The lowest BCUT2D eigenvalue weighted by atomic mass is 10.0. The van der Waals surface area contributed by atoms with Gasteiger partial charge in [0.05, 0.1) is 12.1 Å². The maximum atomic E-state index is 13.8. The third-order valence-corrected chi connectivity index (χ3v) is 3.03. The monoisotopic (exact) mass is 249 g/mol. The fourth-order valence-electron chi connectivity index (χ4n) is 2.14. The smallest absolute Gasteiger partial charge is 0.128 e. The molecular weight excluding hydrogens is 229 g/mol. The highest BCUT2D eigenvalue weighted by Gasteiger charge is 2.23. The molecule has 2 N–H and O–H groups in total. The van der Waals surface area contributed by atoms with Gasteiger partial charge in [-0.05, 0) is 19.9 Å². The Bertz CT molecular complexity index is 412. The van der Waals surface area contributed by atoms with Gasteiger partial charge in [0, 0.05) is 31.1 Å². The first-order chi connectivity index (χ1) is 8.61. The maximum absolute atomic E-state index is 13.8. The van der Waals surface area contributed by atoms with Crippen LogP contribution in [0.15, 0.2) is 24.3 Å². The molecule has 0 spiro atoms. The molecule has 0 aliphatic carbocycles. The molecule has 1 unspecified atom stereocenters. The van der Waals surface area contributed by atoms with Crippen LogP contribution in [0.1, 0.15) is 31.9 Å². The van der Waals surface area contributed by atoms with Gasteiger partial charge >= 0.3 is 0 Å². The van der Waals surface area contributed by atoms with Crippen LogP contribution in [0, 0.1) is 17.1 Å². The van der Waals surface area contributed by atoms with Crippen molar-refractivity contribution in [3.05, 3.63) is 35.6 Å². The highest BCUT2D eigenvalue weighted by atomic mass is 19.1. The van der Waals surface area contributed by atoms with Gasteiger partial charge in [-0.15, -0.1) is 0 Å². The van der Waals surface area contributed by atoms with Gasteiger partial charge in [0.2, 0.25) is 0 Å². The number of hydrogen-bond acceptors (Lipinski definition) is 3. The van der Waals surface area contributed by atoms with E-state index in [1.807, 2.05) is 19.9 Å². The van der Waals surface area contributed by atoms with E-state index in [0.29, 0.717) is 25.1 Å². The molecule has 18 heavy (non-hydrogen) atoms. The van der Waals surface area contributed by atoms with Crippen LogP contribution >= 0.6 is 0 Å². The molecule has 4 heteroatoms. The molecule has 3 nitrogen and oxygen atoms in total. The Hall–Kier alpha value is -1.44. The SMILES string of the molecule is CC(C)N(CCC#N)C(CN)c1ccccc1F. The molecular formula is C14H20FN3. The Labute approximate surface area is 108 Å². The van der Waals surface area contributed by atoms with E-state index >= 15 is 0 Å². The van der Waals surface area contributed by atoms with Gasteiger partial charge < -0.3 is 5.73 Å². The summed E-state index contributed by atoms with van der Waals surface area (Å²) in [6.07, 6.45) is 0.420. The molecule has 0 saturated heterocycles. The summed E-state index contributed by atoms with van der Waals surface area (Å²) >= 11 is 0. The third kappa shape index (κ3) is 3.52. The second-order valence-electron chi connectivity index (χ2n) is 4.51. The minimum absolute atomic E-state index is 0.181. The lowest BCUT2D eigenvalue weighted by Crippen LogP contribution is -2.39. The van der Waals surface area contributed by atoms with Crippen LogP contribution in [0.5, 0.6) is 0 Å². The molecule has 0 fully saturated rings. The van der Waals surface area contributed by atoms with E-state index in [0.717, 1.165) is 0 Å². The zero-order valence-corrected chi connectivity index (χ0v) is 10.9. The summed E-state index contributed by atoms with van der Waals surface area (Å²) in [5.74, 6) is -0.240. The van der Waals surface area contributed by atoms with Crippen molar-refractivity contribution in [2.75, 3.05) is 13.1 Å². The van der Waals surface area contributed by atoms with Crippen molar-refractivity contribution in [1.82, 2.24) is 4.90 Å². The molecule has 0 heterocycles. The molecule has 1 atom stereocenters. The predicted molar refractivity (Wildman–Crippen MR) is 70.3 cm³/mol. The van der Waals surface area contributed by atoms with E-state index in [1.165, 1.54) is 6.07 Å². The lowest BCUT2D eigenvalue weighted by Gasteiger charge is -2.34. The standard InChI is InChI=1S/C14H20FN3/c1-11(2)18(9-5-8-16)14(10-17)12-6-3-4-7-13(12)15/h3-4,6-7,11,14H,5,9-10,17H2,1-2H3. The summed E-state index contributed by atoms with van der Waals surface area (Å²) in [7, 11) is 0. The molecule has 1 aromatic rings. The van der Waals surface area contributed by atoms with Crippen LogP contribution in [0.4, 0.5) is 4.39 Å². The van der Waals surface area contributed by atoms with Gasteiger partial charge in [-0.1, -0.05) is 18.2 Å². The molecule has 0 amide bonds. The predicted octanol–water partition coefficient (Wildman–Crippen LogP) is 2.45. The molecule has 98 valence electrons. The first-order valence-electron chi connectivity index (χ1n) is 6.19. The third-order valence-electron chi connectivity index (χ3n) is 3.03. The molecule has 0 saturated carbocycles. The van der Waals surface area contributed by atoms with Crippen molar-refractivity contribution < 1.29 is 4.39 Å². The second kappa shape index (κ2) is 7.10. The average molecular weight is 249 g/mol. The Balaban J connectivity index is 2.99. The van der Waals surface area contributed by atoms with Crippen LogP contribution in [0.3, 0.4) is 0 Å². The number of halogens is 1. The molecule has 0 radical (unpaired) electrons. The molecule has 0 aliphatic rings. The summed E-state index contributed by atoms with van der Waals surface area (Å²) in [6.45, 7) is 5.00. The highest BCUT2D eigenvalue weighted by Crippen LogP contribution is 2.24. The lowest BCUT2D eigenvalue weighted by molar-refractivity contribution is 0.158. The van der Waals surface area contributed by atoms with Crippen molar-refractivity contribution in [2.24, 2.45) is 5.73 Å². The van der Waals surface area contributed by atoms with Crippen LogP contribution in [0.25, 0.3) is 0 Å². The quantitative estimate of drug-likeness (QED) is 0.842. The normalized spacial score (nSPS) is 12.7. The second-order valence-corrected chi connectivity index (χ2v) is 4.51. The molecule has 0 bridgehead atoms. The van der Waals surface area contributed by atoms with E-state index in [9.17, 15) is 4.39 Å². The van der Waals surface area contributed by atoms with E-state index in [1.54, 1.807) is 12.1 Å². The van der Waals surface area contributed by atoms with Crippen molar-refractivity contribution in [2.45, 2.75) is 32.4 Å². The van der Waals surface area contributed by atoms with Crippen molar-refractivity contribution >= 4 is 0 Å². The Kier molecular flexibility index (Phi) is 5.76. The number of nitrogens with two attached hydrogens (primary N) is 1. The molecule has 0 aromatic heterocycles. The first kappa shape index (κ1) is 14.6. The minimum atomic E-state index is -0.240. The highest BCUT2D eigenvalue weighted by molar-refractivity contribution is 5.22. The van der Waals surface area contributed by atoms with Gasteiger partial charge in [-0.25, -0.2) is 4.39 Å². The first-order valence-corrected chi connectivity index (χ1v) is 6.19. The summed E-state index contributed by atoms with van der Waals surface area (Å²) in [5.41, 5.74) is 6.40. The van der Waals surface area contributed by atoms with E-state index in [4.69, 9.17) is 11.0 Å². The summed E-state index contributed by atoms with van der Waals surface area (Å²) < 4.78 is 13.8. The molecule has 1 aromatic carbocycles. The largest absolute Gasteiger partial charge is 0.329 e. The minimum Gasteiger partial charge on any atom is -0.329 e. The summed E-state index contributed by atoms with van der Waals surface area (Å²) in [6, 6.07) is 8.84. The Morgan fingerprint density at radius 2 is 2.06 bits per heavy atom. The average Bonchev–Trinajstić information content (AvgIpc) is 2.35. The zero-order chi connectivity index (χ0) is 13.5. The van der Waals surface area contributed by atoms with Crippen LogP contribution in [0.2, 0.25) is 0 Å². The number of nitrogens with zero attached hydrogens (tertiary/aromatic N) is 2. The van der Waals surface area contributed by atoms with E-state index < -0.39 is 0 Å². The van der Waals surface area contributed by atoms with Gasteiger partial charge in [0.25, 0.3) is 0 Å². The molecule has 0 aliphatic heterocycles. The summed E-state index contributed by atoms with van der Waals surface area (Å²) in [5, 5.41) is 8.69. The maximum Gasteiger partial charge on any atom is 0.128 e. The van der Waals surface area contributed by atoms with Gasteiger partial charge in [0.15, 0.2) is 0 Å². The number of hydrogen-bond donors (Lipinski definition) is 1. The van der Waals surface area contributed by atoms with Crippen molar-refractivity contribution in [3.63, 3.8) is 0 Å². The van der Waals surface area contributed by atoms with Crippen molar-refractivity contribution in [1.29, 1.82) is 5.26 Å². The van der Waals surface area contributed by atoms with Crippen LogP contribution in [-0.2, 0) is 0 Å². The van der Waals surface area contributed by atoms with E-state index in [2.05, 4.69) is 11.0 Å². The van der Waals surface area contributed by atoms with Crippen molar-refractivity contribution in [3.8, 4) is 6.07 Å². The van der Waals surface area contributed by atoms with Gasteiger partial charge in [-0.3, -0.25) is 4.90 Å². The molecule has 1 rings (SSSR count). The number of nitriles is 1. The summed E-state index contributed by atoms with van der Waals surface area (Å²) in [4.78, 5) is 2.07. The van der Waals surface area contributed by atoms with Crippen LogP contribution < -0.4 is 5.73 Å².